The molecular formula is C11H10F4N2O. The average Bonchev–Trinajstić information content (AvgIpc) is 3.13. The van der Waals surface area contributed by atoms with Crippen LogP contribution >= 0.6 is 0 Å². The van der Waals surface area contributed by atoms with E-state index < -0.39 is 34.9 Å². The van der Waals surface area contributed by atoms with Crippen molar-refractivity contribution in [2.75, 3.05) is 11.9 Å². The second kappa shape index (κ2) is 4.93. The molecule has 3 nitrogen and oxygen atoms in total. The fourth-order valence-electron chi connectivity index (χ4n) is 1.39. The SMILES string of the molecule is O=C(CNC1CC1)Nc1c(F)c(F)cc(F)c1F. The number of anilines is 1. The van der Waals surface area contributed by atoms with E-state index in [1.54, 1.807) is 0 Å². The molecule has 1 saturated carbocycles. The van der Waals surface area contributed by atoms with E-state index >= 15 is 0 Å². The Morgan fingerprint density at radius 1 is 1.17 bits per heavy atom. The molecule has 2 rings (SSSR count). The normalized spacial score (nSPS) is 14.7. The Labute approximate surface area is 100 Å². The van der Waals surface area contributed by atoms with Crippen LogP contribution in [0.5, 0.6) is 0 Å². The molecule has 1 fully saturated rings. The fourth-order valence-corrected chi connectivity index (χ4v) is 1.39. The van der Waals surface area contributed by atoms with Crippen molar-refractivity contribution in [2.24, 2.45) is 0 Å². The minimum atomic E-state index is -1.62. The standard InChI is InChI=1S/C11H10F4N2O/c12-6-3-7(13)10(15)11(9(6)14)17-8(18)4-16-5-1-2-5/h3,5,16H,1-2,4H2,(H,17,18). The van der Waals surface area contributed by atoms with Gasteiger partial charge in [-0.2, -0.15) is 0 Å². The van der Waals surface area contributed by atoms with Crippen LogP contribution in [-0.2, 0) is 4.79 Å². The zero-order valence-corrected chi connectivity index (χ0v) is 9.20. The van der Waals surface area contributed by atoms with Gasteiger partial charge in [0.15, 0.2) is 23.3 Å². The molecule has 0 atom stereocenters. The highest BCUT2D eigenvalue weighted by Crippen LogP contribution is 2.24. The van der Waals surface area contributed by atoms with E-state index in [-0.39, 0.29) is 18.7 Å². The molecule has 18 heavy (non-hydrogen) atoms. The molecule has 1 aromatic rings. The van der Waals surface area contributed by atoms with Crippen LogP contribution in [0.2, 0.25) is 0 Å². The van der Waals surface area contributed by atoms with Gasteiger partial charge in [-0.25, -0.2) is 17.6 Å². The smallest absolute Gasteiger partial charge is 0.238 e. The van der Waals surface area contributed by atoms with Gasteiger partial charge < -0.3 is 10.6 Å². The number of hydrogen-bond donors (Lipinski definition) is 2. The number of carbonyl (C=O) groups excluding carboxylic acids is 1. The Hall–Kier alpha value is -1.63. The van der Waals surface area contributed by atoms with Gasteiger partial charge in [-0.15, -0.1) is 0 Å². The first-order valence-electron chi connectivity index (χ1n) is 5.35. The van der Waals surface area contributed by atoms with Gasteiger partial charge in [0.2, 0.25) is 5.91 Å². The lowest BCUT2D eigenvalue weighted by Gasteiger charge is -2.09. The molecular weight excluding hydrogens is 252 g/mol. The number of hydrogen-bond acceptors (Lipinski definition) is 2. The molecule has 0 aromatic heterocycles. The molecule has 98 valence electrons. The van der Waals surface area contributed by atoms with E-state index in [1.807, 2.05) is 5.32 Å². The third-order valence-corrected chi connectivity index (χ3v) is 2.50. The number of benzene rings is 1. The van der Waals surface area contributed by atoms with E-state index in [0.717, 1.165) is 12.8 Å². The van der Waals surface area contributed by atoms with Crippen molar-refractivity contribution in [3.63, 3.8) is 0 Å². The maximum atomic E-state index is 13.2. The molecule has 0 unspecified atom stereocenters. The summed E-state index contributed by atoms with van der Waals surface area (Å²) in [5, 5.41) is 4.61. The van der Waals surface area contributed by atoms with Gasteiger partial charge in [-0.1, -0.05) is 0 Å². The van der Waals surface area contributed by atoms with Crippen molar-refractivity contribution in [1.29, 1.82) is 0 Å². The van der Waals surface area contributed by atoms with Crippen LogP contribution < -0.4 is 10.6 Å². The second-order valence-corrected chi connectivity index (χ2v) is 4.05. The van der Waals surface area contributed by atoms with Crippen molar-refractivity contribution in [1.82, 2.24) is 5.32 Å². The maximum Gasteiger partial charge on any atom is 0.238 e. The molecule has 0 heterocycles. The predicted molar refractivity (Wildman–Crippen MR) is 55.9 cm³/mol. The van der Waals surface area contributed by atoms with Crippen LogP contribution in [0.4, 0.5) is 23.2 Å². The zero-order valence-electron chi connectivity index (χ0n) is 9.20. The summed E-state index contributed by atoms with van der Waals surface area (Å²) in [5.41, 5.74) is -1.10. The van der Waals surface area contributed by atoms with Crippen LogP contribution in [0.15, 0.2) is 6.07 Å². The van der Waals surface area contributed by atoms with Crippen LogP contribution in [0.25, 0.3) is 0 Å². The summed E-state index contributed by atoms with van der Waals surface area (Å²) >= 11 is 0. The lowest BCUT2D eigenvalue weighted by atomic mass is 10.2. The minimum absolute atomic E-state index is 0.0861. The number of halogens is 4. The fraction of sp³-hybridized carbons (Fsp3) is 0.364. The van der Waals surface area contributed by atoms with E-state index in [2.05, 4.69) is 5.32 Å². The Morgan fingerprint density at radius 2 is 1.72 bits per heavy atom. The van der Waals surface area contributed by atoms with E-state index in [0.29, 0.717) is 0 Å². The topological polar surface area (TPSA) is 41.1 Å². The molecule has 1 aliphatic carbocycles. The quantitative estimate of drug-likeness (QED) is 0.643. The van der Waals surface area contributed by atoms with Crippen LogP contribution in [-0.4, -0.2) is 18.5 Å². The van der Waals surface area contributed by atoms with Crippen LogP contribution in [0.3, 0.4) is 0 Å². The first-order valence-corrected chi connectivity index (χ1v) is 5.35. The third kappa shape index (κ3) is 2.79. The highest BCUT2D eigenvalue weighted by atomic mass is 19.2. The van der Waals surface area contributed by atoms with Gasteiger partial charge in [0.05, 0.1) is 6.54 Å². The number of rotatable bonds is 4. The zero-order chi connectivity index (χ0) is 13.3. The van der Waals surface area contributed by atoms with Crippen molar-refractivity contribution in [2.45, 2.75) is 18.9 Å². The average molecular weight is 262 g/mol. The third-order valence-electron chi connectivity index (χ3n) is 2.50. The summed E-state index contributed by atoms with van der Waals surface area (Å²) in [6.45, 7) is -0.165. The highest BCUT2D eigenvalue weighted by molar-refractivity contribution is 5.92. The van der Waals surface area contributed by atoms with E-state index in [1.165, 1.54) is 0 Å². The van der Waals surface area contributed by atoms with Crippen molar-refractivity contribution in [3.8, 4) is 0 Å². The summed E-state index contributed by atoms with van der Waals surface area (Å²) < 4.78 is 52.1. The van der Waals surface area contributed by atoms with Gasteiger partial charge in [0.1, 0.15) is 5.69 Å². The second-order valence-electron chi connectivity index (χ2n) is 4.05. The van der Waals surface area contributed by atoms with Gasteiger partial charge in [-0.3, -0.25) is 4.79 Å². The molecule has 0 aliphatic heterocycles. The van der Waals surface area contributed by atoms with Gasteiger partial charge >= 0.3 is 0 Å². The van der Waals surface area contributed by atoms with Gasteiger partial charge in [0.25, 0.3) is 0 Å². The monoisotopic (exact) mass is 262 g/mol. The summed E-state index contributed by atoms with van der Waals surface area (Å²) in [7, 11) is 0. The van der Waals surface area contributed by atoms with Crippen LogP contribution in [0, 0.1) is 23.3 Å². The Balaban J connectivity index is 2.09. The summed E-state index contributed by atoms with van der Waals surface area (Å²) in [4.78, 5) is 11.3. The lowest BCUT2D eigenvalue weighted by molar-refractivity contribution is -0.115. The Morgan fingerprint density at radius 3 is 2.22 bits per heavy atom. The predicted octanol–water partition coefficient (Wildman–Crippen LogP) is 1.93. The Kier molecular flexibility index (Phi) is 3.51. The van der Waals surface area contributed by atoms with Crippen molar-refractivity contribution < 1.29 is 22.4 Å². The molecule has 7 heteroatoms. The molecule has 1 aromatic carbocycles. The molecule has 0 spiro atoms. The number of carbonyl (C=O) groups is 1. The first kappa shape index (κ1) is 12.8. The summed E-state index contributed by atoms with van der Waals surface area (Å²) in [6.07, 6.45) is 1.87. The first-order chi connectivity index (χ1) is 8.49. The highest BCUT2D eigenvalue weighted by Gasteiger charge is 2.23. The Bertz CT molecular complexity index is 462. The lowest BCUT2D eigenvalue weighted by Crippen LogP contribution is -2.30. The molecule has 1 amide bonds. The summed E-state index contributed by atoms with van der Waals surface area (Å²) in [6, 6.07) is 0.317. The molecule has 0 radical (unpaired) electrons. The number of nitrogens with one attached hydrogen (secondary N) is 2. The van der Waals surface area contributed by atoms with E-state index in [4.69, 9.17) is 0 Å². The van der Waals surface area contributed by atoms with Gasteiger partial charge in [0, 0.05) is 12.1 Å². The van der Waals surface area contributed by atoms with Crippen LogP contribution in [0.1, 0.15) is 12.8 Å². The molecule has 0 saturated heterocycles. The van der Waals surface area contributed by atoms with E-state index in [9.17, 15) is 22.4 Å². The number of amides is 1. The molecule has 0 bridgehead atoms. The maximum absolute atomic E-state index is 13.2. The minimum Gasteiger partial charge on any atom is -0.320 e. The molecule has 1 aliphatic rings. The largest absolute Gasteiger partial charge is 0.320 e. The van der Waals surface area contributed by atoms with Gasteiger partial charge in [-0.05, 0) is 12.8 Å². The van der Waals surface area contributed by atoms with Crippen molar-refractivity contribution in [3.05, 3.63) is 29.3 Å². The van der Waals surface area contributed by atoms with Crippen molar-refractivity contribution >= 4 is 11.6 Å². The molecule has 2 N–H and O–H groups in total. The summed E-state index contributed by atoms with van der Waals surface area (Å²) in [5.74, 6) is -7.11.